The average molecular weight is 406 g/mol. The first kappa shape index (κ1) is 20.6. The molecule has 4 nitrogen and oxygen atoms in total. The van der Waals surface area contributed by atoms with Crippen LogP contribution in [0.3, 0.4) is 0 Å². The molecule has 0 aliphatic carbocycles. The Morgan fingerprint density at radius 1 is 1.14 bits per heavy atom. The Hall–Kier alpha value is -3.16. The van der Waals surface area contributed by atoms with Crippen LogP contribution in [-0.4, -0.2) is 20.9 Å². The molecule has 0 saturated carbocycles. The van der Waals surface area contributed by atoms with Gasteiger partial charge in [-0.1, -0.05) is 6.07 Å². The summed E-state index contributed by atoms with van der Waals surface area (Å²) in [5, 5.41) is 13.6. The summed E-state index contributed by atoms with van der Waals surface area (Å²) in [6.45, 7) is 3.47. The maximum Gasteiger partial charge on any atom is 0.416 e. The van der Waals surface area contributed by atoms with Crippen LogP contribution in [0.4, 0.5) is 17.6 Å². The van der Waals surface area contributed by atoms with E-state index in [-0.39, 0.29) is 17.5 Å². The minimum Gasteiger partial charge on any atom is -0.478 e. The van der Waals surface area contributed by atoms with Gasteiger partial charge < -0.3 is 5.11 Å². The van der Waals surface area contributed by atoms with Crippen molar-refractivity contribution in [1.29, 1.82) is 0 Å². The first-order chi connectivity index (χ1) is 13.5. The number of rotatable bonds is 4. The summed E-state index contributed by atoms with van der Waals surface area (Å²) in [5.41, 5.74) is 2.59. The summed E-state index contributed by atoms with van der Waals surface area (Å²) in [5.74, 6) is -1.98. The number of carbonyl (C=O) groups is 1. The normalized spacial score (nSPS) is 11.7. The molecule has 0 amide bonds. The van der Waals surface area contributed by atoms with Crippen molar-refractivity contribution >= 4 is 5.97 Å². The second kappa shape index (κ2) is 7.35. The van der Waals surface area contributed by atoms with E-state index >= 15 is 0 Å². The van der Waals surface area contributed by atoms with Crippen molar-refractivity contribution in [1.82, 2.24) is 9.78 Å². The summed E-state index contributed by atoms with van der Waals surface area (Å²) in [6, 6.07) is 7.33. The van der Waals surface area contributed by atoms with Crippen LogP contribution in [0.5, 0.6) is 0 Å². The van der Waals surface area contributed by atoms with Gasteiger partial charge in [0.25, 0.3) is 0 Å². The van der Waals surface area contributed by atoms with Gasteiger partial charge in [-0.25, -0.2) is 9.18 Å². The zero-order valence-corrected chi connectivity index (χ0v) is 15.9. The second-order valence-electron chi connectivity index (χ2n) is 6.90. The number of nitrogens with zero attached hydrogens (tertiary/aromatic N) is 2. The van der Waals surface area contributed by atoms with Crippen LogP contribution >= 0.6 is 0 Å². The molecule has 0 fully saturated rings. The molecule has 8 heteroatoms. The van der Waals surface area contributed by atoms with Crippen LogP contribution in [0.15, 0.2) is 36.4 Å². The lowest BCUT2D eigenvalue weighted by atomic mass is 9.99. The molecule has 0 aliphatic rings. The molecule has 1 aromatic heterocycles. The monoisotopic (exact) mass is 406 g/mol. The van der Waals surface area contributed by atoms with E-state index in [9.17, 15) is 27.5 Å². The molecule has 0 atom stereocenters. The zero-order valence-electron chi connectivity index (χ0n) is 15.9. The molecular formula is C21H18F4N2O2. The van der Waals surface area contributed by atoms with Crippen molar-refractivity contribution in [2.75, 3.05) is 0 Å². The Bertz CT molecular complexity index is 1100. The van der Waals surface area contributed by atoms with Crippen molar-refractivity contribution in [3.05, 3.63) is 75.7 Å². The van der Waals surface area contributed by atoms with E-state index in [2.05, 4.69) is 5.10 Å². The van der Waals surface area contributed by atoms with E-state index in [1.807, 2.05) is 0 Å². The van der Waals surface area contributed by atoms with E-state index < -0.39 is 23.5 Å². The molecule has 29 heavy (non-hydrogen) atoms. The molecule has 2 aromatic carbocycles. The van der Waals surface area contributed by atoms with Gasteiger partial charge in [0.1, 0.15) is 5.82 Å². The van der Waals surface area contributed by atoms with Crippen LogP contribution < -0.4 is 0 Å². The topological polar surface area (TPSA) is 55.1 Å². The van der Waals surface area contributed by atoms with E-state index in [4.69, 9.17) is 0 Å². The van der Waals surface area contributed by atoms with Crippen molar-refractivity contribution in [2.45, 2.75) is 26.4 Å². The molecule has 0 saturated heterocycles. The zero-order chi connectivity index (χ0) is 21.5. The largest absolute Gasteiger partial charge is 0.478 e. The maximum absolute atomic E-state index is 13.7. The number of carboxylic acid groups (broad SMARTS) is 1. The van der Waals surface area contributed by atoms with Crippen molar-refractivity contribution in [3.8, 4) is 11.3 Å². The van der Waals surface area contributed by atoms with Crippen LogP contribution in [0.2, 0.25) is 0 Å². The van der Waals surface area contributed by atoms with E-state index in [1.165, 1.54) is 6.07 Å². The Kier molecular flexibility index (Phi) is 5.21. The molecule has 152 valence electrons. The highest BCUT2D eigenvalue weighted by molar-refractivity contribution is 5.90. The van der Waals surface area contributed by atoms with Gasteiger partial charge in [0.05, 0.1) is 22.5 Å². The predicted octanol–water partition coefficient (Wildman–Crippen LogP) is 5.15. The van der Waals surface area contributed by atoms with Crippen molar-refractivity contribution < 1.29 is 27.5 Å². The molecule has 1 N–H and O–H groups in total. The summed E-state index contributed by atoms with van der Waals surface area (Å²) < 4.78 is 54.1. The fourth-order valence-electron chi connectivity index (χ4n) is 3.42. The fourth-order valence-corrected chi connectivity index (χ4v) is 3.42. The number of benzene rings is 2. The summed E-state index contributed by atoms with van der Waals surface area (Å²) in [7, 11) is 1.69. The molecule has 3 aromatic rings. The van der Waals surface area contributed by atoms with Gasteiger partial charge in [-0.15, -0.1) is 0 Å². The standard InChI is InChI=1S/C21H18F4N2O2/c1-11-6-14(4-5-17(11)20(28)29)19-12(2)18(26-27(19)3)9-13-7-15(21(23,24)25)10-16(22)8-13/h4-8,10H,9H2,1-3H3,(H,28,29). The number of alkyl halides is 3. The van der Waals surface area contributed by atoms with Gasteiger partial charge in [-0.3, -0.25) is 4.68 Å². The molecule has 0 spiro atoms. The van der Waals surface area contributed by atoms with Crippen LogP contribution in [0.1, 0.15) is 38.3 Å². The first-order valence-corrected chi connectivity index (χ1v) is 8.71. The number of hydrogen-bond acceptors (Lipinski definition) is 2. The third-order valence-electron chi connectivity index (χ3n) is 4.77. The molecule has 0 unspecified atom stereocenters. The number of halogens is 4. The Labute approximate surface area is 164 Å². The smallest absolute Gasteiger partial charge is 0.416 e. The summed E-state index contributed by atoms with van der Waals surface area (Å²) in [6.07, 6.45) is -4.60. The Morgan fingerprint density at radius 3 is 2.41 bits per heavy atom. The SMILES string of the molecule is Cc1cc(-c2c(C)c(Cc3cc(F)cc(C(F)(F)F)c3)nn2C)ccc1C(=O)O. The van der Waals surface area contributed by atoms with E-state index in [0.29, 0.717) is 23.0 Å². The number of aromatic carboxylic acids is 1. The fraction of sp³-hybridized carbons (Fsp3) is 0.238. The highest BCUT2D eigenvalue weighted by atomic mass is 19.4. The molecule has 0 aliphatic heterocycles. The van der Waals surface area contributed by atoms with Gasteiger partial charge in [0, 0.05) is 19.0 Å². The first-order valence-electron chi connectivity index (χ1n) is 8.71. The van der Waals surface area contributed by atoms with Crippen LogP contribution in [0.25, 0.3) is 11.3 Å². The lowest BCUT2D eigenvalue weighted by Gasteiger charge is -2.09. The average Bonchev–Trinajstić information content (AvgIpc) is 2.86. The summed E-state index contributed by atoms with van der Waals surface area (Å²) >= 11 is 0. The lowest BCUT2D eigenvalue weighted by molar-refractivity contribution is -0.137. The van der Waals surface area contributed by atoms with Crippen molar-refractivity contribution in [2.24, 2.45) is 7.05 Å². The van der Waals surface area contributed by atoms with Gasteiger partial charge in [0.15, 0.2) is 0 Å². The number of aryl methyl sites for hydroxylation is 2. The second-order valence-corrected chi connectivity index (χ2v) is 6.90. The van der Waals surface area contributed by atoms with Gasteiger partial charge in [-0.2, -0.15) is 18.3 Å². The lowest BCUT2D eigenvalue weighted by Crippen LogP contribution is -2.07. The third kappa shape index (κ3) is 4.16. The highest BCUT2D eigenvalue weighted by Gasteiger charge is 2.31. The van der Waals surface area contributed by atoms with E-state index in [0.717, 1.165) is 23.3 Å². The van der Waals surface area contributed by atoms with E-state index in [1.54, 1.807) is 37.7 Å². The van der Waals surface area contributed by atoms with Gasteiger partial charge in [0.2, 0.25) is 0 Å². The summed E-state index contributed by atoms with van der Waals surface area (Å²) in [4.78, 5) is 11.2. The minimum absolute atomic E-state index is 0.0344. The number of aromatic nitrogens is 2. The van der Waals surface area contributed by atoms with Gasteiger partial charge >= 0.3 is 12.1 Å². The predicted molar refractivity (Wildman–Crippen MR) is 99.3 cm³/mol. The maximum atomic E-state index is 13.7. The third-order valence-corrected chi connectivity index (χ3v) is 4.77. The van der Waals surface area contributed by atoms with Crippen LogP contribution in [0, 0.1) is 19.7 Å². The Morgan fingerprint density at radius 2 is 1.83 bits per heavy atom. The minimum atomic E-state index is -4.63. The number of hydrogen-bond donors (Lipinski definition) is 1. The van der Waals surface area contributed by atoms with Gasteiger partial charge in [-0.05, 0) is 60.9 Å². The quantitative estimate of drug-likeness (QED) is 0.610. The molecule has 1 heterocycles. The molecule has 0 bridgehead atoms. The highest BCUT2D eigenvalue weighted by Crippen LogP contribution is 2.32. The molecule has 0 radical (unpaired) electrons. The van der Waals surface area contributed by atoms with Crippen molar-refractivity contribution in [3.63, 3.8) is 0 Å². The Balaban J connectivity index is 2.00. The molecule has 3 rings (SSSR count). The molecular weight excluding hydrogens is 388 g/mol. The number of carboxylic acids is 1. The van der Waals surface area contributed by atoms with Crippen LogP contribution in [-0.2, 0) is 19.6 Å².